The number of carbonyl (C=O) groups is 1. The fourth-order valence-electron chi connectivity index (χ4n) is 3.69. The molecule has 2 aromatic carbocycles. The molecule has 158 valence electrons. The summed E-state index contributed by atoms with van der Waals surface area (Å²) in [5.41, 5.74) is 1.92. The van der Waals surface area contributed by atoms with Crippen molar-refractivity contribution in [1.29, 1.82) is 0 Å². The molecule has 4 nitrogen and oxygen atoms in total. The maximum absolute atomic E-state index is 13.0. The first kappa shape index (κ1) is 24.0. The summed E-state index contributed by atoms with van der Waals surface area (Å²) >= 11 is 12.1. The zero-order chi connectivity index (χ0) is 20.3. The highest BCUT2D eigenvalue weighted by Gasteiger charge is 2.31. The predicted octanol–water partition coefficient (Wildman–Crippen LogP) is 4.47. The molecule has 1 aliphatic rings. The molecule has 29 heavy (non-hydrogen) atoms. The molecule has 1 amide bonds. The van der Waals surface area contributed by atoms with Gasteiger partial charge in [-0.05, 0) is 29.2 Å². The first-order valence-corrected chi connectivity index (χ1v) is 10.3. The number of benzene rings is 2. The third-order valence-electron chi connectivity index (χ3n) is 5.46. The zero-order valence-corrected chi connectivity index (χ0v) is 18.9. The van der Waals surface area contributed by atoms with E-state index in [1.807, 2.05) is 43.4 Å². The molecule has 3 atom stereocenters. The zero-order valence-electron chi connectivity index (χ0n) is 16.6. The summed E-state index contributed by atoms with van der Waals surface area (Å²) in [7, 11) is 1.84. The second-order valence-corrected chi connectivity index (χ2v) is 8.43. The van der Waals surface area contributed by atoms with Crippen molar-refractivity contribution in [2.75, 3.05) is 26.7 Å². The summed E-state index contributed by atoms with van der Waals surface area (Å²) in [6, 6.07) is 15.2. The van der Waals surface area contributed by atoms with Gasteiger partial charge in [-0.1, -0.05) is 66.5 Å². The quantitative estimate of drug-likeness (QED) is 0.696. The molecule has 2 aromatic rings. The van der Waals surface area contributed by atoms with E-state index in [1.54, 1.807) is 17.0 Å². The van der Waals surface area contributed by atoms with Crippen LogP contribution in [0.5, 0.6) is 0 Å². The molecule has 0 radical (unpaired) electrons. The lowest BCUT2D eigenvalue weighted by Gasteiger charge is -2.32. The maximum atomic E-state index is 13.0. The van der Waals surface area contributed by atoms with Crippen LogP contribution in [0.2, 0.25) is 10.0 Å². The second kappa shape index (κ2) is 10.6. The van der Waals surface area contributed by atoms with Crippen molar-refractivity contribution in [2.24, 2.45) is 5.92 Å². The van der Waals surface area contributed by atoms with E-state index in [0.717, 1.165) is 17.7 Å². The van der Waals surface area contributed by atoms with Crippen LogP contribution in [0.4, 0.5) is 0 Å². The highest BCUT2D eigenvalue weighted by atomic mass is 35.5. The number of likely N-dealkylation sites (N-methyl/N-ethyl adjacent to an activating group) is 1. The van der Waals surface area contributed by atoms with E-state index in [4.69, 9.17) is 23.2 Å². The summed E-state index contributed by atoms with van der Waals surface area (Å²) in [6.45, 7) is 4.22. The highest BCUT2D eigenvalue weighted by Crippen LogP contribution is 2.27. The molecule has 0 aliphatic carbocycles. The van der Waals surface area contributed by atoms with Gasteiger partial charge in [-0.3, -0.25) is 9.69 Å². The number of aliphatic hydroxyl groups is 1. The summed E-state index contributed by atoms with van der Waals surface area (Å²) in [4.78, 5) is 17.0. The monoisotopic (exact) mass is 456 g/mol. The lowest BCUT2D eigenvalue weighted by atomic mass is 10.0. The van der Waals surface area contributed by atoms with Gasteiger partial charge < -0.3 is 10.0 Å². The number of carbonyl (C=O) groups excluding carboxylic acids is 1. The maximum Gasteiger partial charge on any atom is 0.227 e. The number of likely N-dealkylation sites (tertiary alicyclic amines) is 1. The van der Waals surface area contributed by atoms with Crippen LogP contribution in [0.25, 0.3) is 0 Å². The average Bonchev–Trinajstić information content (AvgIpc) is 3.00. The third kappa shape index (κ3) is 6.09. The lowest BCUT2D eigenvalue weighted by molar-refractivity contribution is -0.131. The Balaban J connectivity index is 0.00000300. The van der Waals surface area contributed by atoms with Crippen LogP contribution in [-0.2, 0) is 11.2 Å². The van der Waals surface area contributed by atoms with Gasteiger partial charge in [0.15, 0.2) is 0 Å². The molecule has 7 heteroatoms. The van der Waals surface area contributed by atoms with Crippen LogP contribution in [0.15, 0.2) is 48.5 Å². The minimum absolute atomic E-state index is 0. The van der Waals surface area contributed by atoms with Gasteiger partial charge in [-0.25, -0.2) is 0 Å². The van der Waals surface area contributed by atoms with Crippen molar-refractivity contribution >= 4 is 41.5 Å². The standard InChI is InChI=1S/C22H26Cl2N2O2.ClH/c1-15-12-26(14-21(15)27)13-20(17-6-4-3-5-7-17)25(2)22(28)11-16-8-9-18(23)19(24)10-16;/h3-10,15,20-21,27H,11-14H2,1-2H3;1H/t15-,20-,21-;/m1./s1. The van der Waals surface area contributed by atoms with Crippen LogP contribution in [-0.4, -0.2) is 53.6 Å². The first-order valence-electron chi connectivity index (χ1n) is 9.50. The number of amides is 1. The normalized spacial score (nSPS) is 20.2. The number of β-amino-alcohol motifs (C(OH)–C–C–N with tert-alkyl or cyclic N) is 1. The molecule has 1 heterocycles. The molecule has 3 rings (SSSR count). The van der Waals surface area contributed by atoms with Gasteiger partial charge in [-0.15, -0.1) is 12.4 Å². The Hall–Kier alpha value is -1.30. The topological polar surface area (TPSA) is 43.8 Å². The molecular formula is C22H27Cl3N2O2. The van der Waals surface area contributed by atoms with E-state index < -0.39 is 0 Å². The van der Waals surface area contributed by atoms with Crippen LogP contribution in [0.1, 0.15) is 24.1 Å². The van der Waals surface area contributed by atoms with Crippen molar-refractivity contribution in [2.45, 2.75) is 25.5 Å². The Labute approximate surface area is 188 Å². The minimum Gasteiger partial charge on any atom is -0.391 e. The Morgan fingerprint density at radius 2 is 1.86 bits per heavy atom. The van der Waals surface area contributed by atoms with Crippen molar-refractivity contribution in [1.82, 2.24) is 9.80 Å². The van der Waals surface area contributed by atoms with Crippen molar-refractivity contribution in [3.8, 4) is 0 Å². The van der Waals surface area contributed by atoms with Gasteiger partial charge in [-0.2, -0.15) is 0 Å². The van der Waals surface area contributed by atoms with Crippen LogP contribution in [0, 0.1) is 5.92 Å². The first-order chi connectivity index (χ1) is 13.3. The Kier molecular flexibility index (Phi) is 8.80. The summed E-state index contributed by atoms with van der Waals surface area (Å²) in [5, 5.41) is 11.0. The molecule has 0 aromatic heterocycles. The van der Waals surface area contributed by atoms with Gasteiger partial charge in [0.05, 0.1) is 28.6 Å². The number of nitrogens with zero attached hydrogens (tertiary/aromatic N) is 2. The number of hydrogen-bond donors (Lipinski definition) is 1. The molecule has 0 unspecified atom stereocenters. The number of rotatable bonds is 6. The molecule has 0 saturated carbocycles. The molecule has 0 bridgehead atoms. The smallest absolute Gasteiger partial charge is 0.227 e. The van der Waals surface area contributed by atoms with Gasteiger partial charge >= 0.3 is 0 Å². The Morgan fingerprint density at radius 3 is 2.45 bits per heavy atom. The fourth-order valence-corrected chi connectivity index (χ4v) is 4.01. The number of hydrogen-bond acceptors (Lipinski definition) is 3. The second-order valence-electron chi connectivity index (χ2n) is 7.62. The number of aliphatic hydroxyl groups excluding tert-OH is 1. The highest BCUT2D eigenvalue weighted by molar-refractivity contribution is 6.42. The largest absolute Gasteiger partial charge is 0.391 e. The van der Waals surface area contributed by atoms with Crippen molar-refractivity contribution in [3.63, 3.8) is 0 Å². The van der Waals surface area contributed by atoms with Crippen molar-refractivity contribution in [3.05, 3.63) is 69.7 Å². The third-order valence-corrected chi connectivity index (χ3v) is 6.20. The lowest BCUT2D eigenvalue weighted by Crippen LogP contribution is -2.39. The van der Waals surface area contributed by atoms with Gasteiger partial charge in [0.25, 0.3) is 0 Å². The van der Waals surface area contributed by atoms with E-state index in [0.29, 0.717) is 23.1 Å². The summed E-state index contributed by atoms with van der Waals surface area (Å²) < 4.78 is 0. The molecule has 1 fully saturated rings. The van der Waals surface area contributed by atoms with E-state index in [1.165, 1.54) is 0 Å². The molecule has 1 N–H and O–H groups in total. The summed E-state index contributed by atoms with van der Waals surface area (Å²) in [5.74, 6) is 0.258. The average molecular weight is 458 g/mol. The molecule has 0 spiro atoms. The van der Waals surface area contributed by atoms with E-state index >= 15 is 0 Å². The van der Waals surface area contributed by atoms with Gasteiger partial charge in [0.2, 0.25) is 5.91 Å². The fraction of sp³-hybridized carbons (Fsp3) is 0.409. The Morgan fingerprint density at radius 1 is 1.17 bits per heavy atom. The van der Waals surface area contributed by atoms with E-state index in [-0.39, 0.29) is 42.8 Å². The van der Waals surface area contributed by atoms with E-state index in [9.17, 15) is 9.90 Å². The van der Waals surface area contributed by atoms with Crippen LogP contribution >= 0.6 is 35.6 Å². The molecular weight excluding hydrogens is 431 g/mol. The predicted molar refractivity (Wildman–Crippen MR) is 121 cm³/mol. The SMILES string of the molecule is C[C@@H]1CN(C[C@H](c2ccccc2)N(C)C(=O)Cc2ccc(Cl)c(Cl)c2)C[C@H]1O.Cl. The van der Waals surface area contributed by atoms with Crippen LogP contribution < -0.4 is 0 Å². The number of halogens is 3. The molecule has 1 aliphatic heterocycles. The van der Waals surface area contributed by atoms with E-state index in [2.05, 4.69) is 11.8 Å². The molecule has 1 saturated heterocycles. The van der Waals surface area contributed by atoms with Crippen molar-refractivity contribution < 1.29 is 9.90 Å². The van der Waals surface area contributed by atoms with Crippen LogP contribution in [0.3, 0.4) is 0 Å². The minimum atomic E-state index is -0.311. The summed E-state index contributed by atoms with van der Waals surface area (Å²) in [6.07, 6.45) is -0.0518. The van der Waals surface area contributed by atoms with Gasteiger partial charge in [0, 0.05) is 26.7 Å². The Bertz CT molecular complexity index is 809. The van der Waals surface area contributed by atoms with Gasteiger partial charge in [0.1, 0.15) is 0 Å².